The minimum atomic E-state index is -0.193. The molecule has 3 rings (SSSR count). The van der Waals surface area contributed by atoms with Crippen molar-refractivity contribution in [3.8, 4) is 11.3 Å². The van der Waals surface area contributed by atoms with Crippen LogP contribution >= 0.6 is 15.9 Å². The Morgan fingerprint density at radius 1 is 1.31 bits per heavy atom. The number of rotatable bonds is 5. The maximum Gasteiger partial charge on any atom is 0.273 e. The van der Waals surface area contributed by atoms with E-state index >= 15 is 0 Å². The fourth-order valence-corrected chi connectivity index (χ4v) is 3.93. The topological polar surface area (TPSA) is 58.4 Å². The molecule has 1 aromatic carbocycles. The Balaban J connectivity index is 1.56. The van der Waals surface area contributed by atoms with Gasteiger partial charge in [-0.3, -0.25) is 9.69 Å². The minimum absolute atomic E-state index is 0.193. The van der Waals surface area contributed by atoms with E-state index in [1.165, 1.54) is 6.42 Å². The van der Waals surface area contributed by atoms with Crippen molar-refractivity contribution < 1.29 is 9.32 Å². The predicted octanol–water partition coefficient (Wildman–Crippen LogP) is 4.20. The molecular formula is C20H26BrN3O2. The van der Waals surface area contributed by atoms with Crippen LogP contribution in [0.4, 0.5) is 0 Å². The third-order valence-electron chi connectivity index (χ3n) is 4.95. The van der Waals surface area contributed by atoms with Crippen LogP contribution in [-0.4, -0.2) is 41.6 Å². The first kappa shape index (κ1) is 19.1. The molecule has 0 radical (unpaired) electrons. The van der Waals surface area contributed by atoms with Gasteiger partial charge in [0.05, 0.1) is 0 Å². The average molecular weight is 420 g/mol. The quantitative estimate of drug-likeness (QED) is 0.788. The minimum Gasteiger partial charge on any atom is -0.355 e. The number of amides is 1. The second-order valence-corrected chi connectivity index (χ2v) is 8.46. The summed E-state index contributed by atoms with van der Waals surface area (Å²) in [6.07, 6.45) is 1.29. The molecule has 0 spiro atoms. The summed E-state index contributed by atoms with van der Waals surface area (Å²) >= 11 is 3.41. The van der Waals surface area contributed by atoms with Gasteiger partial charge in [0.15, 0.2) is 11.5 Å². The van der Waals surface area contributed by atoms with Crippen molar-refractivity contribution in [1.82, 2.24) is 15.4 Å². The number of nitrogens with one attached hydrogen (secondary N) is 1. The highest BCUT2D eigenvalue weighted by atomic mass is 79.9. The van der Waals surface area contributed by atoms with Gasteiger partial charge in [0.1, 0.15) is 0 Å². The van der Waals surface area contributed by atoms with Gasteiger partial charge in [-0.1, -0.05) is 47.1 Å². The van der Waals surface area contributed by atoms with Crippen LogP contribution in [0.15, 0.2) is 39.3 Å². The van der Waals surface area contributed by atoms with Gasteiger partial charge in [-0.25, -0.2) is 0 Å². The van der Waals surface area contributed by atoms with Crippen molar-refractivity contribution in [2.45, 2.75) is 33.2 Å². The van der Waals surface area contributed by atoms with Gasteiger partial charge >= 0.3 is 0 Å². The van der Waals surface area contributed by atoms with Crippen LogP contribution in [0, 0.1) is 11.8 Å². The molecule has 1 aliphatic heterocycles. The van der Waals surface area contributed by atoms with Gasteiger partial charge in [0, 0.05) is 41.8 Å². The Kier molecular flexibility index (Phi) is 6.14. The summed E-state index contributed by atoms with van der Waals surface area (Å²) in [6, 6.07) is 9.70. The van der Waals surface area contributed by atoms with E-state index in [0.717, 1.165) is 23.1 Å². The first-order chi connectivity index (χ1) is 12.4. The first-order valence-corrected chi connectivity index (χ1v) is 9.96. The number of likely N-dealkylation sites (tertiary alicyclic amines) is 1. The van der Waals surface area contributed by atoms with Crippen molar-refractivity contribution in [2.75, 3.05) is 19.6 Å². The maximum atomic E-state index is 12.4. The maximum absolute atomic E-state index is 12.4. The van der Waals surface area contributed by atoms with E-state index < -0.39 is 0 Å². The van der Waals surface area contributed by atoms with Crippen LogP contribution in [0.1, 0.15) is 37.7 Å². The number of benzene rings is 1. The van der Waals surface area contributed by atoms with Crippen molar-refractivity contribution in [1.29, 1.82) is 0 Å². The molecular weight excluding hydrogens is 394 g/mol. The summed E-state index contributed by atoms with van der Waals surface area (Å²) in [5, 5.41) is 6.91. The molecule has 0 bridgehead atoms. The van der Waals surface area contributed by atoms with Crippen molar-refractivity contribution in [3.05, 3.63) is 40.5 Å². The number of aromatic nitrogens is 1. The van der Waals surface area contributed by atoms with Crippen molar-refractivity contribution in [3.63, 3.8) is 0 Å². The van der Waals surface area contributed by atoms with E-state index in [1.807, 2.05) is 24.3 Å². The third-order valence-corrected chi connectivity index (χ3v) is 5.48. The molecule has 0 saturated carbocycles. The van der Waals surface area contributed by atoms with Gasteiger partial charge in [-0.2, -0.15) is 0 Å². The molecule has 2 heterocycles. The highest BCUT2D eigenvalue weighted by Crippen LogP contribution is 2.23. The van der Waals surface area contributed by atoms with Gasteiger partial charge < -0.3 is 9.84 Å². The molecule has 26 heavy (non-hydrogen) atoms. The fourth-order valence-electron chi connectivity index (χ4n) is 3.66. The Morgan fingerprint density at radius 3 is 2.62 bits per heavy atom. The van der Waals surface area contributed by atoms with E-state index in [4.69, 9.17) is 4.52 Å². The standard InChI is InChI=1S/C20H26BrN3O2/c1-13-8-14(2)12-24(11-13)15(3)10-22-20(25)18-9-19(26-23-18)16-4-6-17(21)7-5-16/h4-7,9,13-15H,8,10-12H2,1-3H3,(H,22,25)/t13-,14+,15-/m0/s1. The lowest BCUT2D eigenvalue weighted by atomic mass is 9.91. The van der Waals surface area contributed by atoms with Crippen molar-refractivity contribution in [2.24, 2.45) is 11.8 Å². The number of piperidine rings is 1. The molecule has 1 aromatic heterocycles. The summed E-state index contributed by atoms with van der Waals surface area (Å²) in [5.41, 5.74) is 1.21. The van der Waals surface area contributed by atoms with E-state index in [1.54, 1.807) is 6.07 Å². The zero-order chi connectivity index (χ0) is 18.7. The fraction of sp³-hybridized carbons (Fsp3) is 0.500. The molecule has 1 fully saturated rings. The predicted molar refractivity (Wildman–Crippen MR) is 106 cm³/mol. The van der Waals surface area contributed by atoms with Gasteiger partial charge in [0.2, 0.25) is 0 Å². The van der Waals surface area contributed by atoms with E-state index in [2.05, 4.69) is 52.1 Å². The Hall–Kier alpha value is -1.66. The lowest BCUT2D eigenvalue weighted by Gasteiger charge is -2.38. The summed E-state index contributed by atoms with van der Waals surface area (Å²) in [5.74, 6) is 1.82. The lowest BCUT2D eigenvalue weighted by molar-refractivity contribution is 0.0862. The molecule has 2 aromatic rings. The van der Waals surface area contributed by atoms with Crippen LogP contribution in [0.25, 0.3) is 11.3 Å². The molecule has 1 amide bonds. The van der Waals surface area contributed by atoms with Crippen LogP contribution in [0.5, 0.6) is 0 Å². The monoisotopic (exact) mass is 419 g/mol. The number of carbonyl (C=O) groups excluding carboxylic acids is 1. The number of halogens is 1. The van der Waals surface area contributed by atoms with Gasteiger partial charge in [-0.05, 0) is 37.3 Å². The molecule has 1 aliphatic rings. The first-order valence-electron chi connectivity index (χ1n) is 9.17. The Bertz CT molecular complexity index is 734. The molecule has 0 unspecified atom stereocenters. The number of nitrogens with zero attached hydrogens (tertiary/aromatic N) is 2. The highest BCUT2D eigenvalue weighted by Gasteiger charge is 2.25. The molecule has 3 atom stereocenters. The molecule has 140 valence electrons. The molecule has 0 aliphatic carbocycles. The second kappa shape index (κ2) is 8.35. The second-order valence-electron chi connectivity index (χ2n) is 7.54. The molecule has 5 nitrogen and oxygen atoms in total. The zero-order valence-electron chi connectivity index (χ0n) is 15.5. The smallest absolute Gasteiger partial charge is 0.273 e. The molecule has 1 saturated heterocycles. The average Bonchev–Trinajstić information content (AvgIpc) is 3.09. The van der Waals surface area contributed by atoms with E-state index in [0.29, 0.717) is 35.9 Å². The molecule has 6 heteroatoms. The lowest BCUT2D eigenvalue weighted by Crippen LogP contribution is -2.48. The normalized spacial score (nSPS) is 22.2. The highest BCUT2D eigenvalue weighted by molar-refractivity contribution is 9.10. The van der Waals surface area contributed by atoms with Gasteiger partial charge in [0.25, 0.3) is 5.91 Å². The number of hydrogen-bond acceptors (Lipinski definition) is 4. The Morgan fingerprint density at radius 2 is 1.96 bits per heavy atom. The third kappa shape index (κ3) is 4.74. The van der Waals surface area contributed by atoms with Gasteiger partial charge in [-0.15, -0.1) is 0 Å². The number of hydrogen-bond donors (Lipinski definition) is 1. The molecule has 1 N–H and O–H groups in total. The van der Waals surface area contributed by atoms with Crippen LogP contribution in [-0.2, 0) is 0 Å². The zero-order valence-corrected chi connectivity index (χ0v) is 17.1. The summed E-state index contributed by atoms with van der Waals surface area (Å²) < 4.78 is 6.32. The number of carbonyl (C=O) groups is 1. The van der Waals surface area contributed by atoms with Crippen LogP contribution in [0.3, 0.4) is 0 Å². The summed E-state index contributed by atoms with van der Waals surface area (Å²) in [7, 11) is 0. The van der Waals surface area contributed by atoms with E-state index in [9.17, 15) is 4.79 Å². The van der Waals surface area contributed by atoms with E-state index in [-0.39, 0.29) is 5.91 Å². The Labute approximate surface area is 163 Å². The van der Waals surface area contributed by atoms with Crippen LogP contribution in [0.2, 0.25) is 0 Å². The largest absolute Gasteiger partial charge is 0.355 e. The summed E-state index contributed by atoms with van der Waals surface area (Å²) in [6.45, 7) is 9.57. The van der Waals surface area contributed by atoms with Crippen molar-refractivity contribution >= 4 is 21.8 Å². The summed E-state index contributed by atoms with van der Waals surface area (Å²) in [4.78, 5) is 14.9. The van der Waals surface area contributed by atoms with Crippen LogP contribution < -0.4 is 5.32 Å². The SMILES string of the molecule is C[C@@H]1C[C@H](C)CN([C@@H](C)CNC(=O)c2cc(-c3ccc(Br)cc3)on2)C1.